The first-order chi connectivity index (χ1) is 20.7. The number of benzene rings is 1. The fourth-order valence-corrected chi connectivity index (χ4v) is 7.85. The number of piperidine rings is 1. The minimum absolute atomic E-state index is 0.00319. The minimum Gasteiger partial charge on any atom is -0.497 e. The standard InChI is InChI=1S/C29H38N8O3S2/c1-28(2,3)42(39)35-24-19-13-18(40-4)6-5-17(19)14-29(24)8-11-36(12-9-29)22-15-32-23(25(30)34-22)26(38)37-10-7-20-21(16-37)41-27(31)33-20/h5-6,13,15,24,35H,7-12,14,16H2,1-4H3,(H2,30,34)(H2,31,33)/t24?,42-/m1/s1/i7D2. The van der Waals surface area contributed by atoms with Crippen LogP contribution in [0.1, 0.15) is 74.6 Å². The number of thiazole rings is 1. The Balaban J connectivity index is 1.19. The SMILES string of the molecule is [2H]C1([2H])CN(C(=O)c2ncc(N3CCC4(CC3)Cc3ccc(OC)cc3C4N[S@](=O)C(C)(C)C)nc2N)Cc2sc(N)nc21. The Kier molecular flexibility index (Phi) is 6.75. The summed E-state index contributed by atoms with van der Waals surface area (Å²) in [5.74, 6) is 0.883. The van der Waals surface area contributed by atoms with Crippen LogP contribution in [0.4, 0.5) is 16.8 Å². The number of nitrogens with zero attached hydrogens (tertiary/aromatic N) is 5. The molecule has 4 heterocycles. The number of aromatic nitrogens is 3. The number of carbonyl (C=O) groups is 1. The molecule has 1 unspecified atom stereocenters. The molecule has 1 spiro atoms. The number of fused-ring (bicyclic) bond motifs is 2. The van der Waals surface area contributed by atoms with E-state index in [9.17, 15) is 9.00 Å². The van der Waals surface area contributed by atoms with Crippen molar-refractivity contribution in [2.24, 2.45) is 5.41 Å². The molecular weight excluding hydrogens is 573 g/mol. The Morgan fingerprint density at radius 1 is 1.24 bits per heavy atom. The monoisotopic (exact) mass is 612 g/mol. The highest BCUT2D eigenvalue weighted by atomic mass is 32.2. The number of methoxy groups -OCH3 is 1. The molecule has 1 saturated heterocycles. The number of hydrogen-bond donors (Lipinski definition) is 3. The van der Waals surface area contributed by atoms with E-state index in [0.29, 0.717) is 23.8 Å². The van der Waals surface area contributed by atoms with Crippen LogP contribution in [0.3, 0.4) is 0 Å². The van der Waals surface area contributed by atoms with Gasteiger partial charge in [-0.05, 0) is 68.7 Å². The van der Waals surface area contributed by atoms with Crippen molar-refractivity contribution in [3.05, 3.63) is 51.8 Å². The molecule has 5 N–H and O–H groups in total. The highest BCUT2D eigenvalue weighted by Crippen LogP contribution is 2.53. The van der Waals surface area contributed by atoms with Crippen LogP contribution >= 0.6 is 11.3 Å². The molecule has 2 aromatic heterocycles. The van der Waals surface area contributed by atoms with Crippen molar-refractivity contribution in [2.45, 2.75) is 63.7 Å². The number of hydrogen-bond acceptors (Lipinski definition) is 10. The Bertz CT molecular complexity index is 1630. The van der Waals surface area contributed by atoms with Crippen LogP contribution in [0.2, 0.25) is 0 Å². The molecule has 1 fully saturated rings. The topological polar surface area (TPSA) is 153 Å². The number of nitrogen functional groups attached to an aromatic ring is 2. The summed E-state index contributed by atoms with van der Waals surface area (Å²) in [6.45, 7) is 7.30. The second kappa shape index (κ2) is 10.8. The molecule has 0 saturated carbocycles. The van der Waals surface area contributed by atoms with Gasteiger partial charge in [0.15, 0.2) is 16.6 Å². The van der Waals surface area contributed by atoms with E-state index in [1.54, 1.807) is 13.3 Å². The molecular formula is C29H38N8O3S2. The predicted octanol–water partition coefficient (Wildman–Crippen LogP) is 3.24. The summed E-state index contributed by atoms with van der Waals surface area (Å²) in [7, 11) is 0.401. The van der Waals surface area contributed by atoms with Crippen molar-refractivity contribution < 1.29 is 16.5 Å². The second-order valence-electron chi connectivity index (χ2n) is 12.1. The molecule has 3 aromatic rings. The van der Waals surface area contributed by atoms with Crippen LogP contribution < -0.4 is 25.8 Å². The zero-order valence-electron chi connectivity index (χ0n) is 26.3. The van der Waals surface area contributed by atoms with Gasteiger partial charge in [0.05, 0.1) is 47.3 Å². The molecule has 42 heavy (non-hydrogen) atoms. The number of carbonyl (C=O) groups excluding carboxylic acids is 1. The highest BCUT2D eigenvalue weighted by Gasteiger charge is 2.49. The summed E-state index contributed by atoms with van der Waals surface area (Å²) in [5.41, 5.74) is 14.6. The van der Waals surface area contributed by atoms with E-state index >= 15 is 0 Å². The van der Waals surface area contributed by atoms with Crippen LogP contribution in [0.15, 0.2) is 24.4 Å². The first kappa shape index (κ1) is 26.3. The van der Waals surface area contributed by atoms with E-state index in [1.807, 2.05) is 26.8 Å². The average molecular weight is 613 g/mol. The van der Waals surface area contributed by atoms with Gasteiger partial charge in [-0.2, -0.15) is 0 Å². The summed E-state index contributed by atoms with van der Waals surface area (Å²) >= 11 is 1.18. The van der Waals surface area contributed by atoms with Crippen LogP contribution in [0.5, 0.6) is 5.75 Å². The van der Waals surface area contributed by atoms with Crippen molar-refractivity contribution in [3.8, 4) is 5.75 Å². The molecule has 0 bridgehead atoms. The van der Waals surface area contributed by atoms with Gasteiger partial charge < -0.3 is 26.0 Å². The molecule has 0 radical (unpaired) electrons. The molecule has 1 aromatic carbocycles. The Morgan fingerprint density at radius 3 is 2.69 bits per heavy atom. The number of nitrogens with two attached hydrogens (primary N) is 2. The van der Waals surface area contributed by atoms with Gasteiger partial charge in [-0.1, -0.05) is 6.07 Å². The lowest BCUT2D eigenvalue weighted by molar-refractivity contribution is 0.0731. The Hall–Kier alpha value is -3.29. The summed E-state index contributed by atoms with van der Waals surface area (Å²) < 4.78 is 38.7. The third kappa shape index (κ3) is 5.22. The first-order valence-electron chi connectivity index (χ1n) is 15.0. The number of rotatable bonds is 5. The van der Waals surface area contributed by atoms with Gasteiger partial charge in [0.1, 0.15) is 11.6 Å². The molecule has 2 aliphatic heterocycles. The quantitative estimate of drug-likeness (QED) is 0.394. The summed E-state index contributed by atoms with van der Waals surface area (Å²) in [6, 6.07) is 6.07. The minimum atomic E-state index is -1.83. The lowest BCUT2D eigenvalue weighted by Gasteiger charge is -2.44. The van der Waals surface area contributed by atoms with E-state index < -0.39 is 28.0 Å². The van der Waals surface area contributed by atoms with E-state index in [-0.39, 0.29) is 46.9 Å². The van der Waals surface area contributed by atoms with Crippen molar-refractivity contribution >= 4 is 45.0 Å². The van der Waals surface area contributed by atoms with Crippen molar-refractivity contribution in [3.63, 3.8) is 0 Å². The van der Waals surface area contributed by atoms with Gasteiger partial charge in [-0.3, -0.25) is 4.79 Å². The van der Waals surface area contributed by atoms with E-state index in [0.717, 1.165) is 30.6 Å². The first-order valence-corrected chi connectivity index (χ1v) is 15.9. The van der Waals surface area contributed by atoms with Crippen LogP contribution in [-0.4, -0.2) is 61.5 Å². The van der Waals surface area contributed by atoms with Gasteiger partial charge in [0.25, 0.3) is 5.91 Å². The second-order valence-corrected chi connectivity index (χ2v) is 15.3. The zero-order chi connectivity index (χ0) is 31.6. The largest absolute Gasteiger partial charge is 0.497 e. The number of nitrogens with one attached hydrogen (secondary N) is 1. The normalized spacial score (nSPS) is 22.2. The van der Waals surface area contributed by atoms with Crippen molar-refractivity contribution in [2.75, 3.05) is 43.1 Å². The molecule has 13 heteroatoms. The van der Waals surface area contributed by atoms with E-state index in [2.05, 4.69) is 36.7 Å². The maximum Gasteiger partial charge on any atom is 0.276 e. The fourth-order valence-electron chi connectivity index (χ4n) is 6.08. The highest BCUT2D eigenvalue weighted by molar-refractivity contribution is 7.84. The summed E-state index contributed by atoms with van der Waals surface area (Å²) in [6.07, 6.45) is 2.26. The van der Waals surface area contributed by atoms with E-state index in [1.165, 1.54) is 21.8 Å². The lowest BCUT2D eigenvalue weighted by atomic mass is 9.73. The van der Waals surface area contributed by atoms with Gasteiger partial charge in [0, 0.05) is 33.6 Å². The van der Waals surface area contributed by atoms with Gasteiger partial charge in [0.2, 0.25) is 0 Å². The predicted molar refractivity (Wildman–Crippen MR) is 166 cm³/mol. The average Bonchev–Trinajstić information content (AvgIpc) is 3.49. The van der Waals surface area contributed by atoms with Crippen LogP contribution in [-0.2, 0) is 30.3 Å². The zero-order valence-corrected chi connectivity index (χ0v) is 25.9. The number of amides is 1. The Morgan fingerprint density at radius 2 is 2.00 bits per heavy atom. The summed E-state index contributed by atoms with van der Waals surface area (Å²) in [4.78, 5) is 30.6. The third-order valence-corrected chi connectivity index (χ3v) is 10.9. The molecule has 3 aliphatic rings. The molecule has 6 rings (SSSR count). The molecule has 224 valence electrons. The Labute approximate surface area is 255 Å². The third-order valence-electron chi connectivity index (χ3n) is 8.45. The number of anilines is 3. The number of ether oxygens (including phenoxy) is 1. The van der Waals surface area contributed by atoms with Gasteiger partial charge >= 0.3 is 0 Å². The molecule has 2 atom stereocenters. The van der Waals surface area contributed by atoms with Gasteiger partial charge in [-0.25, -0.2) is 23.9 Å². The van der Waals surface area contributed by atoms with E-state index in [4.69, 9.17) is 18.9 Å². The molecule has 11 nitrogen and oxygen atoms in total. The maximum atomic E-state index is 13.4. The fraction of sp³-hybridized carbons (Fsp3) is 0.517. The van der Waals surface area contributed by atoms with Crippen LogP contribution in [0.25, 0.3) is 0 Å². The van der Waals surface area contributed by atoms with Gasteiger partial charge in [-0.15, -0.1) is 11.3 Å². The smallest absolute Gasteiger partial charge is 0.276 e. The molecule has 1 amide bonds. The maximum absolute atomic E-state index is 13.4. The van der Waals surface area contributed by atoms with Crippen molar-refractivity contribution in [1.82, 2.24) is 24.6 Å². The summed E-state index contributed by atoms with van der Waals surface area (Å²) in [5, 5.41) is 0.269. The molecule has 1 aliphatic carbocycles. The lowest BCUT2D eigenvalue weighted by Crippen LogP contribution is -2.48. The van der Waals surface area contributed by atoms with Crippen molar-refractivity contribution in [1.29, 1.82) is 0 Å². The van der Waals surface area contributed by atoms with Crippen LogP contribution in [0, 0.1) is 5.41 Å².